The van der Waals surface area contributed by atoms with Crippen molar-refractivity contribution in [3.63, 3.8) is 0 Å². The van der Waals surface area contributed by atoms with E-state index in [0.29, 0.717) is 10.1 Å². The Kier molecular flexibility index (Phi) is 4.80. The monoisotopic (exact) mass is 326 g/mol. The first-order valence-electron chi connectivity index (χ1n) is 5.97. The third-order valence-corrected chi connectivity index (χ3v) is 3.95. The van der Waals surface area contributed by atoms with Gasteiger partial charge in [0.15, 0.2) is 5.11 Å². The molecule has 1 aromatic heterocycles. The van der Waals surface area contributed by atoms with E-state index in [1.54, 1.807) is 0 Å². The number of hydrogen-bond acceptors (Lipinski definition) is 4. The van der Waals surface area contributed by atoms with Crippen molar-refractivity contribution in [2.45, 2.75) is 20.8 Å². The molecule has 4 nitrogen and oxygen atoms in total. The van der Waals surface area contributed by atoms with Crippen LogP contribution in [0.1, 0.15) is 16.8 Å². The summed E-state index contributed by atoms with van der Waals surface area (Å²) in [6, 6.07) is 3.95. The molecule has 0 spiro atoms. The molecule has 1 heterocycles. The lowest BCUT2D eigenvalue weighted by Crippen LogP contribution is -2.33. The molecule has 0 aliphatic heterocycles. The van der Waals surface area contributed by atoms with E-state index >= 15 is 0 Å². The maximum absolute atomic E-state index is 6.22. The zero-order chi connectivity index (χ0) is 14.7. The fourth-order valence-corrected chi connectivity index (χ4v) is 2.90. The predicted molar refractivity (Wildman–Crippen MR) is 90.8 cm³/mol. The van der Waals surface area contributed by atoms with Crippen molar-refractivity contribution in [2.75, 3.05) is 10.7 Å². The molecule has 106 valence electrons. The number of aryl methyl sites for hydroxylation is 3. The van der Waals surface area contributed by atoms with Crippen LogP contribution in [-0.2, 0) is 0 Å². The molecule has 2 rings (SSSR count). The van der Waals surface area contributed by atoms with Gasteiger partial charge in [-0.05, 0) is 50.2 Å². The zero-order valence-electron chi connectivity index (χ0n) is 11.4. The average Bonchev–Trinajstić information content (AvgIpc) is 2.77. The van der Waals surface area contributed by atoms with Crippen molar-refractivity contribution in [2.24, 2.45) is 0 Å². The molecule has 0 saturated carbocycles. The molecule has 0 aliphatic rings. The Morgan fingerprint density at radius 1 is 1.30 bits per heavy atom. The molecule has 7 heteroatoms. The van der Waals surface area contributed by atoms with Crippen LogP contribution in [0.3, 0.4) is 0 Å². The summed E-state index contributed by atoms with van der Waals surface area (Å²) < 4.78 is 0. The molecule has 3 N–H and O–H groups in total. The summed E-state index contributed by atoms with van der Waals surface area (Å²) in [6.07, 6.45) is 0. The lowest BCUT2D eigenvalue weighted by atomic mass is 10.1. The van der Waals surface area contributed by atoms with Crippen LogP contribution in [0.2, 0.25) is 5.02 Å². The summed E-state index contributed by atoms with van der Waals surface area (Å²) >= 11 is 13.0. The smallest absolute Gasteiger partial charge is 0.201 e. The van der Waals surface area contributed by atoms with Gasteiger partial charge < -0.3 is 5.32 Å². The van der Waals surface area contributed by atoms with Gasteiger partial charge in [0.25, 0.3) is 0 Å². The average molecular weight is 327 g/mol. The van der Waals surface area contributed by atoms with Gasteiger partial charge in [-0.15, -0.1) is 11.3 Å². The molecule has 0 bridgehead atoms. The fourth-order valence-electron chi connectivity index (χ4n) is 1.74. The number of nitrogens with one attached hydrogen (secondary N) is 3. The van der Waals surface area contributed by atoms with E-state index < -0.39 is 0 Å². The van der Waals surface area contributed by atoms with Crippen LogP contribution in [-0.4, -0.2) is 10.1 Å². The van der Waals surface area contributed by atoms with Gasteiger partial charge in [-0.3, -0.25) is 10.9 Å². The van der Waals surface area contributed by atoms with E-state index in [1.807, 2.05) is 32.2 Å². The van der Waals surface area contributed by atoms with Crippen LogP contribution in [0.4, 0.5) is 10.8 Å². The Bertz CT molecular complexity index is 616. The minimum absolute atomic E-state index is 0.437. The maximum atomic E-state index is 6.22. The summed E-state index contributed by atoms with van der Waals surface area (Å²) in [4.78, 5) is 4.27. The van der Waals surface area contributed by atoms with E-state index in [0.717, 1.165) is 27.6 Å². The van der Waals surface area contributed by atoms with Crippen molar-refractivity contribution in [1.82, 2.24) is 10.4 Å². The van der Waals surface area contributed by atoms with Gasteiger partial charge in [0.1, 0.15) is 0 Å². The third kappa shape index (κ3) is 3.82. The molecule has 0 amide bonds. The highest BCUT2D eigenvalue weighted by Crippen LogP contribution is 2.27. The number of halogens is 1. The number of nitrogens with zero attached hydrogens (tertiary/aromatic N) is 1. The normalized spacial score (nSPS) is 10.2. The number of hydrogen-bond donors (Lipinski definition) is 3. The van der Waals surface area contributed by atoms with Crippen LogP contribution in [0.25, 0.3) is 0 Å². The predicted octanol–water partition coefficient (Wildman–Crippen LogP) is 4.04. The topological polar surface area (TPSA) is 49.0 Å². The summed E-state index contributed by atoms with van der Waals surface area (Å²) in [6.45, 7) is 5.93. The summed E-state index contributed by atoms with van der Waals surface area (Å²) in [5.74, 6) is 0. The molecule has 0 atom stereocenters. The molecule has 2 aromatic rings. The first-order chi connectivity index (χ1) is 9.45. The van der Waals surface area contributed by atoms with Crippen LogP contribution in [0.5, 0.6) is 0 Å². The Morgan fingerprint density at radius 3 is 2.65 bits per heavy atom. The first kappa shape index (κ1) is 15.0. The van der Waals surface area contributed by atoms with Gasteiger partial charge in [0, 0.05) is 5.38 Å². The SMILES string of the molecule is Cc1cc(C)c(NC(=S)NNc2nc(C)cs2)c(Cl)c1. The second-order valence-electron chi connectivity index (χ2n) is 4.44. The summed E-state index contributed by atoms with van der Waals surface area (Å²) in [5.41, 5.74) is 9.78. The standard InChI is InChI=1S/C13H15ClN4S2/c1-7-4-8(2)11(10(14)5-7)16-12(19)17-18-13-15-9(3)6-20-13/h4-6H,1-3H3,(H,15,18)(H2,16,17,19). The zero-order valence-corrected chi connectivity index (χ0v) is 13.8. The van der Waals surface area contributed by atoms with Gasteiger partial charge in [0.05, 0.1) is 16.4 Å². The Balaban J connectivity index is 1.98. The largest absolute Gasteiger partial charge is 0.330 e. The highest BCUT2D eigenvalue weighted by molar-refractivity contribution is 7.80. The van der Waals surface area contributed by atoms with Gasteiger partial charge in [-0.2, -0.15) is 0 Å². The quantitative estimate of drug-likeness (QED) is 0.587. The minimum atomic E-state index is 0.437. The number of rotatable bonds is 3. The van der Waals surface area contributed by atoms with Crippen LogP contribution in [0.15, 0.2) is 17.5 Å². The lowest BCUT2D eigenvalue weighted by molar-refractivity contribution is 1.11. The summed E-state index contributed by atoms with van der Waals surface area (Å²) in [5, 5.41) is 6.89. The van der Waals surface area contributed by atoms with Gasteiger partial charge in [0.2, 0.25) is 5.13 Å². The molecular weight excluding hydrogens is 312 g/mol. The van der Waals surface area contributed by atoms with Crippen LogP contribution >= 0.6 is 35.2 Å². The molecule has 0 fully saturated rings. The summed E-state index contributed by atoms with van der Waals surface area (Å²) in [7, 11) is 0. The van der Waals surface area contributed by atoms with Crippen molar-refractivity contribution >= 4 is 51.1 Å². The van der Waals surface area contributed by atoms with E-state index in [2.05, 4.69) is 27.2 Å². The van der Waals surface area contributed by atoms with Gasteiger partial charge >= 0.3 is 0 Å². The van der Waals surface area contributed by atoms with Crippen molar-refractivity contribution in [3.05, 3.63) is 39.4 Å². The fraction of sp³-hybridized carbons (Fsp3) is 0.231. The number of anilines is 2. The number of benzene rings is 1. The molecular formula is C13H15ClN4S2. The Labute approximate surface area is 132 Å². The first-order valence-corrected chi connectivity index (χ1v) is 7.64. The number of thiocarbonyl (C=S) groups is 1. The van der Waals surface area contributed by atoms with Crippen molar-refractivity contribution < 1.29 is 0 Å². The minimum Gasteiger partial charge on any atom is -0.330 e. The Morgan fingerprint density at radius 2 is 2.05 bits per heavy atom. The van der Waals surface area contributed by atoms with E-state index in [4.69, 9.17) is 23.8 Å². The van der Waals surface area contributed by atoms with Crippen molar-refractivity contribution in [1.29, 1.82) is 0 Å². The number of hydrazine groups is 1. The van der Waals surface area contributed by atoms with Gasteiger partial charge in [-0.1, -0.05) is 17.7 Å². The molecule has 0 saturated heterocycles. The van der Waals surface area contributed by atoms with Gasteiger partial charge in [-0.25, -0.2) is 4.98 Å². The molecule has 1 aromatic carbocycles. The second kappa shape index (κ2) is 6.39. The third-order valence-electron chi connectivity index (χ3n) is 2.57. The van der Waals surface area contributed by atoms with E-state index in [1.165, 1.54) is 11.3 Å². The van der Waals surface area contributed by atoms with E-state index in [-0.39, 0.29) is 0 Å². The number of aromatic nitrogens is 1. The highest BCUT2D eigenvalue weighted by Gasteiger charge is 2.07. The molecule has 0 radical (unpaired) electrons. The molecule has 0 unspecified atom stereocenters. The highest BCUT2D eigenvalue weighted by atomic mass is 35.5. The number of thiazole rings is 1. The molecule has 20 heavy (non-hydrogen) atoms. The van der Waals surface area contributed by atoms with Crippen LogP contribution in [0, 0.1) is 20.8 Å². The molecule has 0 aliphatic carbocycles. The second-order valence-corrected chi connectivity index (χ2v) is 6.11. The maximum Gasteiger partial charge on any atom is 0.201 e. The Hall–Kier alpha value is -1.37. The van der Waals surface area contributed by atoms with Crippen LogP contribution < -0.4 is 16.2 Å². The van der Waals surface area contributed by atoms with Crippen molar-refractivity contribution in [3.8, 4) is 0 Å². The van der Waals surface area contributed by atoms with E-state index in [9.17, 15) is 0 Å². The lowest BCUT2D eigenvalue weighted by Gasteiger charge is -2.14.